The number of hydrogen-bond acceptors (Lipinski definition) is 4. The van der Waals surface area contributed by atoms with Crippen molar-refractivity contribution >= 4 is 29.2 Å². The van der Waals surface area contributed by atoms with Crippen LogP contribution in [-0.2, 0) is 6.18 Å². The van der Waals surface area contributed by atoms with Crippen LogP contribution in [-0.4, -0.2) is 29.9 Å². The van der Waals surface area contributed by atoms with Crippen LogP contribution in [0.5, 0.6) is 5.75 Å². The summed E-state index contributed by atoms with van der Waals surface area (Å²) >= 11 is 6.10. The maximum Gasteiger partial charge on any atom is 0.417 e. The summed E-state index contributed by atoms with van der Waals surface area (Å²) in [6.45, 7) is 4.36. The summed E-state index contributed by atoms with van der Waals surface area (Å²) in [5, 5.41) is -0.105. The first kappa shape index (κ1) is 27.9. The monoisotopic (exact) mass is 575 g/mol. The van der Waals surface area contributed by atoms with Gasteiger partial charge in [0, 0.05) is 24.4 Å². The fraction of sp³-hybridized carbons (Fsp3) is 0.345. The minimum absolute atomic E-state index is 0.00225. The highest BCUT2D eigenvalue weighted by atomic mass is 35.5. The number of nitrogens with zero attached hydrogens (tertiary/aromatic N) is 2. The Kier molecular flexibility index (Phi) is 6.81. The first-order chi connectivity index (χ1) is 18.7. The van der Waals surface area contributed by atoms with E-state index in [0.717, 1.165) is 48.2 Å². The van der Waals surface area contributed by atoms with Crippen LogP contribution in [0, 0.1) is 23.1 Å². The molecule has 2 aliphatic rings. The molecule has 0 spiro atoms. The fourth-order valence-corrected chi connectivity index (χ4v) is 6.05. The van der Waals surface area contributed by atoms with Gasteiger partial charge in [-0.05, 0) is 72.1 Å². The molecule has 1 unspecified atom stereocenters. The highest BCUT2D eigenvalue weighted by Gasteiger charge is 2.62. The fourth-order valence-electron chi connectivity index (χ4n) is 5.80. The number of anilines is 1. The zero-order chi connectivity index (χ0) is 29.1. The SMILES string of the molecule is CN(C(=O)c1c(F)cccc1Cl)c1ncc(-c2cc(C(N)=O)ccc2C(F)(F)F)cc1OC1C[C@@H]2[C@H](C1)C2(C)C. The van der Waals surface area contributed by atoms with Crippen molar-refractivity contribution in [3.63, 3.8) is 0 Å². The van der Waals surface area contributed by atoms with Crippen molar-refractivity contribution in [2.24, 2.45) is 23.0 Å². The van der Waals surface area contributed by atoms with Gasteiger partial charge in [0.25, 0.3) is 5.91 Å². The van der Waals surface area contributed by atoms with Crippen molar-refractivity contribution in [2.45, 2.75) is 39.0 Å². The number of alkyl halides is 3. The van der Waals surface area contributed by atoms with E-state index in [2.05, 4.69) is 18.8 Å². The molecule has 1 aromatic heterocycles. The van der Waals surface area contributed by atoms with Gasteiger partial charge in [-0.1, -0.05) is 31.5 Å². The predicted molar refractivity (Wildman–Crippen MR) is 142 cm³/mol. The van der Waals surface area contributed by atoms with E-state index in [1.54, 1.807) is 0 Å². The molecule has 2 amide bonds. The van der Waals surface area contributed by atoms with E-state index >= 15 is 0 Å². The Balaban J connectivity index is 1.59. The number of nitrogens with two attached hydrogens (primary N) is 1. The van der Waals surface area contributed by atoms with Gasteiger partial charge in [0.2, 0.25) is 5.91 Å². The lowest BCUT2D eigenvalue weighted by Gasteiger charge is -2.25. The zero-order valence-electron chi connectivity index (χ0n) is 21.9. The number of ether oxygens (including phenoxy) is 1. The second kappa shape index (κ2) is 9.76. The number of halogens is 5. The van der Waals surface area contributed by atoms with Gasteiger partial charge in [0.1, 0.15) is 5.82 Å². The molecular formula is C29H26ClF4N3O3. The van der Waals surface area contributed by atoms with E-state index in [1.807, 2.05) is 0 Å². The number of pyridine rings is 1. The van der Waals surface area contributed by atoms with Crippen molar-refractivity contribution in [1.82, 2.24) is 4.98 Å². The van der Waals surface area contributed by atoms with Crippen molar-refractivity contribution in [3.05, 3.63) is 76.2 Å². The highest BCUT2D eigenvalue weighted by Crippen LogP contribution is 2.67. The van der Waals surface area contributed by atoms with E-state index in [4.69, 9.17) is 22.1 Å². The Morgan fingerprint density at radius 2 is 1.80 bits per heavy atom. The maximum absolute atomic E-state index is 14.5. The number of rotatable bonds is 6. The quantitative estimate of drug-likeness (QED) is 0.330. The molecule has 2 fully saturated rings. The molecule has 3 atom stereocenters. The summed E-state index contributed by atoms with van der Waals surface area (Å²) < 4.78 is 62.6. The van der Waals surface area contributed by atoms with Gasteiger partial charge >= 0.3 is 6.18 Å². The molecule has 6 nitrogen and oxygen atoms in total. The van der Waals surface area contributed by atoms with Crippen LogP contribution in [0.25, 0.3) is 11.1 Å². The molecule has 2 aromatic carbocycles. The van der Waals surface area contributed by atoms with Gasteiger partial charge in [-0.25, -0.2) is 9.37 Å². The van der Waals surface area contributed by atoms with Gasteiger partial charge in [-0.15, -0.1) is 0 Å². The number of primary amides is 1. The second-order valence-corrected chi connectivity index (χ2v) is 11.3. The predicted octanol–water partition coefficient (Wildman–Crippen LogP) is 6.75. The molecule has 210 valence electrons. The van der Waals surface area contributed by atoms with E-state index in [-0.39, 0.29) is 50.4 Å². The van der Waals surface area contributed by atoms with Crippen molar-refractivity contribution in [2.75, 3.05) is 11.9 Å². The first-order valence-electron chi connectivity index (χ1n) is 12.6. The molecule has 0 aliphatic heterocycles. The second-order valence-electron chi connectivity index (χ2n) is 10.9. The maximum atomic E-state index is 14.5. The van der Waals surface area contributed by atoms with Crippen LogP contribution < -0.4 is 15.4 Å². The number of aromatic nitrogens is 1. The Morgan fingerprint density at radius 1 is 1.12 bits per heavy atom. The first-order valence-corrected chi connectivity index (χ1v) is 13.0. The molecule has 5 rings (SSSR count). The lowest BCUT2D eigenvalue weighted by Crippen LogP contribution is -2.29. The van der Waals surface area contributed by atoms with Gasteiger partial charge in [-0.3, -0.25) is 14.5 Å². The van der Waals surface area contributed by atoms with Crippen LogP contribution in [0.3, 0.4) is 0 Å². The van der Waals surface area contributed by atoms with Gasteiger partial charge in [0.05, 0.1) is 22.3 Å². The van der Waals surface area contributed by atoms with E-state index < -0.39 is 29.4 Å². The smallest absolute Gasteiger partial charge is 0.417 e. The summed E-state index contributed by atoms with van der Waals surface area (Å²) in [5.41, 5.74) is 3.72. The topological polar surface area (TPSA) is 85.5 Å². The number of carbonyl (C=O) groups is 2. The van der Waals surface area contributed by atoms with Crippen LogP contribution >= 0.6 is 11.6 Å². The molecule has 2 N–H and O–H groups in total. The van der Waals surface area contributed by atoms with Crippen LogP contribution in [0.1, 0.15) is 53.0 Å². The third-order valence-corrected chi connectivity index (χ3v) is 8.48. The number of amides is 2. The number of hydrogen-bond donors (Lipinski definition) is 1. The van der Waals surface area contributed by atoms with E-state index in [0.29, 0.717) is 11.8 Å². The summed E-state index contributed by atoms with van der Waals surface area (Å²) in [6.07, 6.45) is -2.37. The minimum Gasteiger partial charge on any atom is -0.486 e. The molecule has 0 bridgehead atoms. The largest absolute Gasteiger partial charge is 0.486 e. The lowest BCUT2D eigenvalue weighted by molar-refractivity contribution is -0.137. The molecule has 40 heavy (non-hydrogen) atoms. The Bertz CT molecular complexity index is 1490. The molecule has 3 aromatic rings. The molecule has 0 radical (unpaired) electrons. The average Bonchev–Trinajstić information content (AvgIpc) is 3.18. The highest BCUT2D eigenvalue weighted by molar-refractivity contribution is 6.34. The van der Waals surface area contributed by atoms with Gasteiger partial charge < -0.3 is 10.5 Å². The summed E-state index contributed by atoms with van der Waals surface area (Å²) in [6, 6.07) is 8.01. The van der Waals surface area contributed by atoms with Crippen molar-refractivity contribution in [1.29, 1.82) is 0 Å². The number of benzene rings is 2. The molecule has 1 heterocycles. The lowest BCUT2D eigenvalue weighted by atomic mass is 9.97. The Morgan fingerprint density at radius 3 is 2.40 bits per heavy atom. The normalized spacial score (nSPS) is 21.1. The summed E-state index contributed by atoms with van der Waals surface area (Å²) in [7, 11) is 1.35. The molecule has 11 heteroatoms. The molecular weight excluding hydrogens is 550 g/mol. The molecule has 2 saturated carbocycles. The zero-order valence-corrected chi connectivity index (χ0v) is 22.6. The minimum atomic E-state index is -4.74. The van der Waals surface area contributed by atoms with E-state index in [1.165, 1.54) is 25.2 Å². The van der Waals surface area contributed by atoms with E-state index in [9.17, 15) is 27.2 Å². The Labute approximate surface area is 233 Å². The average molecular weight is 576 g/mol. The van der Waals surface area contributed by atoms with Crippen LogP contribution in [0.2, 0.25) is 5.02 Å². The van der Waals surface area contributed by atoms with Crippen molar-refractivity contribution in [3.8, 4) is 16.9 Å². The molecule has 2 aliphatic carbocycles. The van der Waals surface area contributed by atoms with Crippen LogP contribution in [0.4, 0.5) is 23.4 Å². The van der Waals surface area contributed by atoms with Gasteiger partial charge in [-0.2, -0.15) is 13.2 Å². The summed E-state index contributed by atoms with van der Waals surface area (Å²) in [5.74, 6) is -1.60. The molecule has 0 saturated heterocycles. The standard InChI is InChI=1S/C29H26ClF4N3O3/c1-28(2)19-11-16(12-20(19)28)40-23-10-15(17-9-14(25(35)38)7-8-18(17)29(32,33)34)13-36-26(23)37(3)27(39)24-21(30)5-4-6-22(24)31/h4-10,13,16,19-20H,11-12H2,1-3H3,(H2,35,38)/t16?,19-,20+. The number of carbonyl (C=O) groups excluding carboxylic acids is 2. The van der Waals surface area contributed by atoms with Gasteiger partial charge in [0.15, 0.2) is 11.6 Å². The number of fused-ring (bicyclic) bond motifs is 1. The third-order valence-electron chi connectivity index (χ3n) is 8.17. The Hall–Kier alpha value is -3.66. The summed E-state index contributed by atoms with van der Waals surface area (Å²) in [4.78, 5) is 30.4. The van der Waals surface area contributed by atoms with Crippen LogP contribution in [0.15, 0.2) is 48.7 Å². The third kappa shape index (κ3) is 4.89. The van der Waals surface area contributed by atoms with Crippen molar-refractivity contribution < 1.29 is 31.9 Å².